The summed E-state index contributed by atoms with van der Waals surface area (Å²) in [6.07, 6.45) is 0. The molecule has 3 aromatic rings. The molecule has 0 bridgehead atoms. The van der Waals surface area contributed by atoms with E-state index in [1.165, 1.54) is 0 Å². The van der Waals surface area contributed by atoms with Crippen LogP contribution in [0.3, 0.4) is 0 Å². The van der Waals surface area contributed by atoms with Gasteiger partial charge in [-0.1, -0.05) is 30.3 Å². The van der Waals surface area contributed by atoms with Crippen molar-refractivity contribution in [2.75, 3.05) is 12.4 Å². The van der Waals surface area contributed by atoms with Gasteiger partial charge in [0.15, 0.2) is 5.78 Å². The largest absolute Gasteiger partial charge is 0.388 e. The molecule has 2 N–H and O–H groups in total. The number of benzene rings is 2. The smallest absolute Gasteiger partial charge is 0.195 e. The molecule has 0 amide bonds. The van der Waals surface area contributed by atoms with E-state index in [1.54, 1.807) is 0 Å². The Morgan fingerprint density at radius 2 is 1.90 bits per heavy atom. The Morgan fingerprint density at radius 1 is 1.10 bits per heavy atom. The maximum absolute atomic E-state index is 12.8. The van der Waals surface area contributed by atoms with Crippen molar-refractivity contribution in [3.63, 3.8) is 0 Å². The van der Waals surface area contributed by atoms with Crippen LogP contribution in [-0.4, -0.2) is 17.8 Å². The van der Waals surface area contributed by atoms with E-state index >= 15 is 0 Å². The number of aromatic nitrogens is 1. The molecule has 0 radical (unpaired) electrons. The van der Waals surface area contributed by atoms with E-state index in [0.29, 0.717) is 5.56 Å². The summed E-state index contributed by atoms with van der Waals surface area (Å²) in [4.78, 5) is 16.0. The van der Waals surface area contributed by atoms with Crippen LogP contribution in [0.1, 0.15) is 21.6 Å². The fourth-order valence-corrected chi connectivity index (χ4v) is 2.53. The number of para-hydroxylation sites is 1. The lowest BCUT2D eigenvalue weighted by Crippen LogP contribution is -2.03. The molecule has 3 rings (SSSR count). The highest BCUT2D eigenvalue weighted by Crippen LogP contribution is 2.25. The summed E-state index contributed by atoms with van der Waals surface area (Å²) < 4.78 is 0. The molecule has 0 saturated heterocycles. The number of rotatable bonds is 3. The number of anilines is 1. The number of hydrogen-bond donors (Lipinski definition) is 2. The maximum Gasteiger partial charge on any atom is 0.195 e. The second-order valence-corrected chi connectivity index (χ2v) is 4.83. The van der Waals surface area contributed by atoms with E-state index in [1.807, 2.05) is 62.5 Å². The molecule has 3 nitrogen and oxygen atoms in total. The van der Waals surface area contributed by atoms with Crippen molar-refractivity contribution in [3.05, 3.63) is 65.4 Å². The van der Waals surface area contributed by atoms with Crippen LogP contribution in [0.15, 0.2) is 48.5 Å². The van der Waals surface area contributed by atoms with Crippen LogP contribution < -0.4 is 5.32 Å². The number of H-pyrrole nitrogens is 1. The van der Waals surface area contributed by atoms with Crippen LogP contribution in [0.4, 0.5) is 5.69 Å². The van der Waals surface area contributed by atoms with E-state index in [2.05, 4.69) is 10.3 Å². The third-order valence-electron chi connectivity index (χ3n) is 3.53. The number of carbonyl (C=O) groups excluding carboxylic acids is 1. The average Bonchev–Trinajstić information content (AvgIpc) is 2.82. The summed E-state index contributed by atoms with van der Waals surface area (Å²) in [6.45, 7) is 1.94. The lowest BCUT2D eigenvalue weighted by molar-refractivity contribution is 0.104. The van der Waals surface area contributed by atoms with Gasteiger partial charge in [-0.25, -0.2) is 0 Å². The van der Waals surface area contributed by atoms with Crippen molar-refractivity contribution in [1.29, 1.82) is 0 Å². The summed E-state index contributed by atoms with van der Waals surface area (Å²) in [7, 11) is 1.85. The number of ketones is 1. The van der Waals surface area contributed by atoms with Crippen molar-refractivity contribution in [1.82, 2.24) is 4.98 Å². The molecule has 0 atom stereocenters. The van der Waals surface area contributed by atoms with Crippen LogP contribution in [-0.2, 0) is 0 Å². The van der Waals surface area contributed by atoms with Crippen molar-refractivity contribution in [2.24, 2.45) is 0 Å². The van der Waals surface area contributed by atoms with Crippen molar-refractivity contribution < 1.29 is 4.79 Å². The number of nitrogens with one attached hydrogen (secondary N) is 2. The number of fused-ring (bicyclic) bond motifs is 1. The SMILES string of the molecule is CNc1cccc(C(=O)c2c(C)[nH]c3ccccc23)c1. The summed E-state index contributed by atoms with van der Waals surface area (Å²) in [6, 6.07) is 15.5. The first-order valence-electron chi connectivity index (χ1n) is 6.60. The second-order valence-electron chi connectivity index (χ2n) is 4.83. The Morgan fingerprint density at radius 3 is 2.70 bits per heavy atom. The van der Waals surface area contributed by atoms with Crippen LogP contribution >= 0.6 is 0 Å². The normalized spacial score (nSPS) is 10.7. The van der Waals surface area contributed by atoms with E-state index in [-0.39, 0.29) is 5.78 Å². The molecule has 0 aliphatic carbocycles. The van der Waals surface area contributed by atoms with Gasteiger partial charge in [-0.3, -0.25) is 4.79 Å². The van der Waals surface area contributed by atoms with Crippen molar-refractivity contribution in [2.45, 2.75) is 6.92 Å². The minimum absolute atomic E-state index is 0.0528. The van der Waals surface area contributed by atoms with Crippen LogP contribution in [0.5, 0.6) is 0 Å². The first-order valence-corrected chi connectivity index (χ1v) is 6.60. The van der Waals surface area contributed by atoms with E-state index < -0.39 is 0 Å². The number of aryl methyl sites for hydroxylation is 1. The quantitative estimate of drug-likeness (QED) is 0.708. The Kier molecular flexibility index (Phi) is 3.03. The third kappa shape index (κ3) is 1.97. The van der Waals surface area contributed by atoms with Crippen LogP contribution in [0, 0.1) is 6.92 Å². The van der Waals surface area contributed by atoms with Gasteiger partial charge in [0.25, 0.3) is 0 Å². The van der Waals surface area contributed by atoms with Gasteiger partial charge in [-0.2, -0.15) is 0 Å². The Bertz CT molecular complexity index is 787. The zero-order valence-corrected chi connectivity index (χ0v) is 11.5. The predicted octanol–water partition coefficient (Wildman–Crippen LogP) is 3.75. The lowest BCUT2D eigenvalue weighted by atomic mass is 10.00. The van der Waals surface area contributed by atoms with Gasteiger partial charge in [0.1, 0.15) is 0 Å². The molecule has 0 fully saturated rings. The topological polar surface area (TPSA) is 44.9 Å². The van der Waals surface area contributed by atoms with Gasteiger partial charge >= 0.3 is 0 Å². The number of hydrogen-bond acceptors (Lipinski definition) is 2. The molecule has 1 aromatic heterocycles. The molecule has 2 aromatic carbocycles. The van der Waals surface area contributed by atoms with Gasteiger partial charge in [-0.05, 0) is 25.1 Å². The zero-order chi connectivity index (χ0) is 14.1. The monoisotopic (exact) mass is 264 g/mol. The molecule has 0 aliphatic rings. The molecule has 0 saturated carbocycles. The third-order valence-corrected chi connectivity index (χ3v) is 3.53. The number of carbonyl (C=O) groups is 1. The molecular weight excluding hydrogens is 248 g/mol. The Labute approximate surface area is 117 Å². The van der Waals surface area contributed by atoms with E-state index in [0.717, 1.165) is 27.8 Å². The van der Waals surface area contributed by atoms with Gasteiger partial charge in [0.05, 0.1) is 5.56 Å². The molecule has 0 aliphatic heterocycles. The van der Waals surface area contributed by atoms with E-state index in [4.69, 9.17) is 0 Å². The van der Waals surface area contributed by atoms with Gasteiger partial charge in [-0.15, -0.1) is 0 Å². The Hall–Kier alpha value is -2.55. The minimum Gasteiger partial charge on any atom is -0.388 e. The van der Waals surface area contributed by atoms with Gasteiger partial charge in [0.2, 0.25) is 0 Å². The summed E-state index contributed by atoms with van der Waals surface area (Å²) in [5, 5.41) is 4.04. The van der Waals surface area contributed by atoms with Crippen LogP contribution in [0.25, 0.3) is 10.9 Å². The summed E-state index contributed by atoms with van der Waals surface area (Å²) in [5.74, 6) is 0.0528. The van der Waals surface area contributed by atoms with Crippen molar-refractivity contribution >= 4 is 22.4 Å². The average molecular weight is 264 g/mol. The molecule has 3 heteroatoms. The first-order chi connectivity index (χ1) is 9.70. The molecule has 20 heavy (non-hydrogen) atoms. The fourth-order valence-electron chi connectivity index (χ4n) is 2.53. The highest BCUT2D eigenvalue weighted by molar-refractivity contribution is 6.17. The molecular formula is C17H16N2O. The highest BCUT2D eigenvalue weighted by Gasteiger charge is 2.17. The fraction of sp³-hybridized carbons (Fsp3) is 0.118. The molecule has 1 heterocycles. The minimum atomic E-state index is 0.0528. The number of aromatic amines is 1. The van der Waals surface area contributed by atoms with Crippen LogP contribution in [0.2, 0.25) is 0 Å². The summed E-state index contributed by atoms with van der Waals surface area (Å²) >= 11 is 0. The summed E-state index contributed by atoms with van der Waals surface area (Å²) in [5.41, 5.74) is 4.30. The van der Waals surface area contributed by atoms with Crippen molar-refractivity contribution in [3.8, 4) is 0 Å². The molecule has 0 unspecified atom stereocenters. The maximum atomic E-state index is 12.8. The second kappa shape index (κ2) is 4.85. The highest BCUT2D eigenvalue weighted by atomic mass is 16.1. The molecule has 100 valence electrons. The van der Waals surface area contributed by atoms with Gasteiger partial charge in [0, 0.05) is 34.9 Å². The lowest BCUT2D eigenvalue weighted by Gasteiger charge is -2.04. The van der Waals surface area contributed by atoms with E-state index in [9.17, 15) is 4.79 Å². The zero-order valence-electron chi connectivity index (χ0n) is 11.5. The van der Waals surface area contributed by atoms with Gasteiger partial charge < -0.3 is 10.3 Å². The standard InChI is InChI=1S/C17H16N2O/c1-11-16(14-8-3-4-9-15(14)19-11)17(20)12-6-5-7-13(10-12)18-2/h3-10,18-19H,1-2H3. The first kappa shape index (κ1) is 12.5. The molecule has 0 spiro atoms. The Balaban J connectivity index is 2.14. The predicted molar refractivity (Wildman–Crippen MR) is 82.5 cm³/mol.